The van der Waals surface area contributed by atoms with E-state index in [1.807, 2.05) is 6.26 Å². The van der Waals surface area contributed by atoms with Crippen LogP contribution >= 0.6 is 24.0 Å². The first-order chi connectivity index (χ1) is 7.56. The Morgan fingerprint density at radius 2 is 2.44 bits per heavy atom. The van der Waals surface area contributed by atoms with E-state index >= 15 is 0 Å². The molecule has 1 rings (SSSR count). The first-order valence-electron chi connectivity index (χ1n) is 4.67. The Balaban J connectivity index is 2.76. The maximum absolute atomic E-state index is 11.5. The number of nitrogens with two attached hydrogens (primary N) is 1. The summed E-state index contributed by atoms with van der Waals surface area (Å²) in [5.74, 6) is 1.28. The van der Waals surface area contributed by atoms with Gasteiger partial charge >= 0.3 is 0 Å². The quantitative estimate of drug-likeness (QED) is 0.762. The van der Waals surface area contributed by atoms with Crippen molar-refractivity contribution < 1.29 is 4.79 Å². The van der Waals surface area contributed by atoms with E-state index in [9.17, 15) is 4.79 Å². The number of rotatable bonds is 5. The van der Waals surface area contributed by atoms with E-state index in [-0.39, 0.29) is 10.9 Å². The standard InChI is InChI=1S/C9H14N4OS2/c1-13-9(6(5-11-13)8(10)15)12-7(14)3-4-16-2/h5H,3-4H2,1-2H3,(H2,10,15)(H,12,14). The number of carbonyl (C=O) groups excluding carboxylic acids is 1. The normalized spacial score (nSPS) is 10.1. The van der Waals surface area contributed by atoms with Crippen LogP contribution in [0, 0.1) is 0 Å². The lowest BCUT2D eigenvalue weighted by molar-refractivity contribution is -0.115. The average Bonchev–Trinajstić information content (AvgIpc) is 2.58. The molecule has 0 fully saturated rings. The first kappa shape index (κ1) is 13.0. The fraction of sp³-hybridized carbons (Fsp3) is 0.444. The van der Waals surface area contributed by atoms with Crippen molar-refractivity contribution in [1.29, 1.82) is 0 Å². The maximum atomic E-state index is 11.5. The Morgan fingerprint density at radius 1 is 1.75 bits per heavy atom. The molecular weight excluding hydrogens is 244 g/mol. The summed E-state index contributed by atoms with van der Waals surface area (Å²) in [6.07, 6.45) is 3.97. The predicted molar refractivity (Wildman–Crippen MR) is 70.7 cm³/mol. The second-order valence-electron chi connectivity index (χ2n) is 3.19. The molecule has 16 heavy (non-hydrogen) atoms. The zero-order chi connectivity index (χ0) is 12.1. The number of thiocarbonyl (C=S) groups is 1. The molecule has 0 saturated carbocycles. The molecule has 0 unspecified atom stereocenters. The molecule has 1 aromatic rings. The summed E-state index contributed by atoms with van der Waals surface area (Å²) >= 11 is 6.50. The molecule has 0 saturated heterocycles. The molecule has 0 bridgehead atoms. The fourth-order valence-electron chi connectivity index (χ4n) is 1.16. The molecule has 0 aliphatic carbocycles. The lowest BCUT2D eigenvalue weighted by atomic mass is 10.3. The number of hydrogen-bond donors (Lipinski definition) is 2. The topological polar surface area (TPSA) is 72.9 Å². The van der Waals surface area contributed by atoms with Crippen molar-refractivity contribution in [2.45, 2.75) is 6.42 Å². The summed E-state index contributed by atoms with van der Waals surface area (Å²) in [4.78, 5) is 11.8. The van der Waals surface area contributed by atoms with Gasteiger partial charge in [-0.3, -0.25) is 9.48 Å². The second-order valence-corrected chi connectivity index (χ2v) is 4.61. The van der Waals surface area contributed by atoms with E-state index < -0.39 is 0 Å². The molecule has 0 spiro atoms. The number of thioether (sulfide) groups is 1. The van der Waals surface area contributed by atoms with Crippen molar-refractivity contribution in [3.05, 3.63) is 11.8 Å². The van der Waals surface area contributed by atoms with Crippen LogP contribution < -0.4 is 11.1 Å². The van der Waals surface area contributed by atoms with E-state index in [2.05, 4.69) is 10.4 Å². The number of carbonyl (C=O) groups is 1. The predicted octanol–water partition coefficient (Wildman–Crippen LogP) is 0.746. The van der Waals surface area contributed by atoms with E-state index in [0.717, 1.165) is 5.75 Å². The largest absolute Gasteiger partial charge is 0.389 e. The van der Waals surface area contributed by atoms with E-state index in [1.165, 1.54) is 0 Å². The first-order valence-corrected chi connectivity index (χ1v) is 6.47. The summed E-state index contributed by atoms with van der Waals surface area (Å²) < 4.78 is 1.55. The van der Waals surface area contributed by atoms with Crippen LogP contribution in [0.1, 0.15) is 12.0 Å². The number of aryl methyl sites for hydroxylation is 1. The average molecular weight is 258 g/mol. The van der Waals surface area contributed by atoms with Crippen LogP contribution in [0.25, 0.3) is 0 Å². The highest BCUT2D eigenvalue weighted by atomic mass is 32.2. The highest BCUT2D eigenvalue weighted by molar-refractivity contribution is 7.98. The summed E-state index contributed by atoms with van der Waals surface area (Å²) in [5.41, 5.74) is 6.12. The van der Waals surface area contributed by atoms with Gasteiger partial charge in [0, 0.05) is 19.2 Å². The zero-order valence-corrected chi connectivity index (χ0v) is 10.8. The van der Waals surface area contributed by atoms with Gasteiger partial charge in [0.2, 0.25) is 5.91 Å². The minimum Gasteiger partial charge on any atom is -0.389 e. The lowest BCUT2D eigenvalue weighted by Gasteiger charge is -2.07. The smallest absolute Gasteiger partial charge is 0.226 e. The van der Waals surface area contributed by atoms with Gasteiger partial charge in [-0.25, -0.2) is 0 Å². The molecule has 0 aliphatic heterocycles. The lowest BCUT2D eigenvalue weighted by Crippen LogP contribution is -2.19. The van der Waals surface area contributed by atoms with Gasteiger partial charge in [-0.2, -0.15) is 16.9 Å². The van der Waals surface area contributed by atoms with Crippen LogP contribution in [0.3, 0.4) is 0 Å². The number of anilines is 1. The minimum atomic E-state index is -0.0598. The molecule has 5 nitrogen and oxygen atoms in total. The van der Waals surface area contributed by atoms with Gasteiger partial charge < -0.3 is 11.1 Å². The Bertz CT molecular complexity index is 402. The highest BCUT2D eigenvalue weighted by Gasteiger charge is 2.13. The van der Waals surface area contributed by atoms with Gasteiger partial charge in [-0.15, -0.1) is 0 Å². The number of aromatic nitrogens is 2. The van der Waals surface area contributed by atoms with Crippen molar-refractivity contribution in [3.8, 4) is 0 Å². The summed E-state index contributed by atoms with van der Waals surface area (Å²) in [5, 5.41) is 6.76. The fourth-order valence-corrected chi connectivity index (χ4v) is 1.69. The Morgan fingerprint density at radius 3 is 3.00 bits per heavy atom. The molecule has 0 aliphatic rings. The summed E-state index contributed by atoms with van der Waals surface area (Å²) in [6.45, 7) is 0. The van der Waals surface area contributed by atoms with Crippen molar-refractivity contribution in [2.75, 3.05) is 17.3 Å². The van der Waals surface area contributed by atoms with Crippen LogP contribution in [-0.2, 0) is 11.8 Å². The van der Waals surface area contributed by atoms with Gasteiger partial charge in [0.05, 0.1) is 11.8 Å². The Labute approximate surface area is 104 Å². The van der Waals surface area contributed by atoms with Gasteiger partial charge in [0.25, 0.3) is 0 Å². The molecule has 0 atom stereocenters. The third kappa shape index (κ3) is 3.21. The molecule has 1 heterocycles. The minimum absolute atomic E-state index is 0.0598. The number of hydrogen-bond acceptors (Lipinski definition) is 4. The second kappa shape index (κ2) is 5.86. The Kier molecular flexibility index (Phi) is 4.75. The molecule has 7 heteroatoms. The third-order valence-corrected chi connectivity index (χ3v) is 2.83. The number of nitrogens with one attached hydrogen (secondary N) is 1. The number of nitrogens with zero attached hydrogens (tertiary/aromatic N) is 2. The maximum Gasteiger partial charge on any atom is 0.226 e. The van der Waals surface area contributed by atoms with E-state index in [1.54, 1.807) is 29.7 Å². The monoisotopic (exact) mass is 258 g/mol. The molecular formula is C9H14N4OS2. The third-order valence-electron chi connectivity index (χ3n) is 2.00. The molecule has 1 aromatic heterocycles. The van der Waals surface area contributed by atoms with Crippen LogP contribution in [-0.4, -0.2) is 32.7 Å². The van der Waals surface area contributed by atoms with Gasteiger partial charge in [-0.05, 0) is 6.26 Å². The van der Waals surface area contributed by atoms with Gasteiger partial charge in [-0.1, -0.05) is 12.2 Å². The molecule has 1 amide bonds. The van der Waals surface area contributed by atoms with Crippen molar-refractivity contribution in [1.82, 2.24) is 9.78 Å². The molecule has 0 aromatic carbocycles. The van der Waals surface area contributed by atoms with Gasteiger partial charge in [0.15, 0.2) is 0 Å². The van der Waals surface area contributed by atoms with Crippen LogP contribution in [0.4, 0.5) is 5.82 Å². The van der Waals surface area contributed by atoms with Crippen LogP contribution in [0.15, 0.2) is 6.20 Å². The molecule has 3 N–H and O–H groups in total. The molecule has 88 valence electrons. The van der Waals surface area contributed by atoms with Crippen molar-refractivity contribution in [2.24, 2.45) is 12.8 Å². The van der Waals surface area contributed by atoms with Crippen molar-refractivity contribution in [3.63, 3.8) is 0 Å². The summed E-state index contributed by atoms with van der Waals surface area (Å²) in [6, 6.07) is 0. The van der Waals surface area contributed by atoms with Crippen molar-refractivity contribution >= 4 is 40.7 Å². The summed E-state index contributed by atoms with van der Waals surface area (Å²) in [7, 11) is 1.73. The molecule has 0 radical (unpaired) electrons. The van der Waals surface area contributed by atoms with E-state index in [4.69, 9.17) is 18.0 Å². The SMILES string of the molecule is CSCCC(=O)Nc1c(C(N)=S)cnn1C. The van der Waals surface area contributed by atoms with Crippen LogP contribution in [0.5, 0.6) is 0 Å². The zero-order valence-electron chi connectivity index (χ0n) is 9.19. The Hall–Kier alpha value is -1.08. The van der Waals surface area contributed by atoms with Gasteiger partial charge in [0.1, 0.15) is 10.8 Å². The van der Waals surface area contributed by atoms with Crippen LogP contribution in [0.2, 0.25) is 0 Å². The highest BCUT2D eigenvalue weighted by Crippen LogP contribution is 2.14. The van der Waals surface area contributed by atoms with E-state index in [0.29, 0.717) is 17.8 Å². The number of amides is 1.